The molecule has 1 aromatic rings. The van der Waals surface area contributed by atoms with Crippen LogP contribution in [0.2, 0.25) is 0 Å². The number of nitrogens with one attached hydrogen (secondary N) is 1. The summed E-state index contributed by atoms with van der Waals surface area (Å²) in [5, 5.41) is 32.0. The summed E-state index contributed by atoms with van der Waals surface area (Å²) in [7, 11) is 0. The summed E-state index contributed by atoms with van der Waals surface area (Å²) in [6, 6.07) is 3.53. The first-order chi connectivity index (χ1) is 9.61. The number of hydrogen-bond acceptors (Lipinski definition) is 4. The molecule has 0 amide bonds. The van der Waals surface area contributed by atoms with Crippen LogP contribution in [0.15, 0.2) is 12.1 Å². The Morgan fingerprint density at radius 1 is 1.05 bits per heavy atom. The third-order valence-corrected chi connectivity index (χ3v) is 4.34. The summed E-state index contributed by atoms with van der Waals surface area (Å²) in [5.74, 6) is -0.0661. The Labute approximate surface area is 120 Å². The van der Waals surface area contributed by atoms with Gasteiger partial charge in [-0.2, -0.15) is 0 Å². The molecular formula is C16H25NO3. The van der Waals surface area contributed by atoms with E-state index in [0.717, 1.165) is 5.92 Å². The van der Waals surface area contributed by atoms with E-state index in [1.165, 1.54) is 44.6 Å². The summed E-state index contributed by atoms with van der Waals surface area (Å²) in [6.45, 7) is 2.76. The molecule has 1 fully saturated rings. The van der Waals surface area contributed by atoms with Gasteiger partial charge in [-0.25, -0.2) is 0 Å². The Bertz CT molecular complexity index is 440. The molecule has 4 heteroatoms. The minimum atomic E-state index is -0.434. The van der Waals surface area contributed by atoms with E-state index in [1.807, 2.05) is 0 Å². The van der Waals surface area contributed by atoms with Crippen molar-refractivity contribution in [3.8, 4) is 17.2 Å². The van der Waals surface area contributed by atoms with E-state index in [0.29, 0.717) is 18.2 Å². The second-order valence-corrected chi connectivity index (χ2v) is 5.83. The van der Waals surface area contributed by atoms with Gasteiger partial charge < -0.3 is 20.6 Å². The predicted octanol–water partition coefficient (Wildman–Crippen LogP) is 3.25. The summed E-state index contributed by atoms with van der Waals surface area (Å²) < 4.78 is 0. The molecule has 1 saturated carbocycles. The fourth-order valence-electron chi connectivity index (χ4n) is 3.07. The second kappa shape index (κ2) is 6.84. The van der Waals surface area contributed by atoms with Crippen molar-refractivity contribution >= 4 is 0 Å². The normalized spacial score (nSPS) is 22.9. The number of rotatable bonds is 5. The quantitative estimate of drug-likeness (QED) is 0.624. The van der Waals surface area contributed by atoms with Crippen LogP contribution in [0, 0.1) is 5.92 Å². The third-order valence-electron chi connectivity index (χ3n) is 4.34. The first-order valence-corrected chi connectivity index (χ1v) is 7.58. The van der Waals surface area contributed by atoms with Gasteiger partial charge in [-0.05, 0) is 37.7 Å². The lowest BCUT2D eigenvalue weighted by molar-refractivity contribution is 0.276. The van der Waals surface area contributed by atoms with Crippen molar-refractivity contribution in [2.24, 2.45) is 5.92 Å². The van der Waals surface area contributed by atoms with Gasteiger partial charge in [0.05, 0.1) is 0 Å². The van der Waals surface area contributed by atoms with E-state index < -0.39 is 5.75 Å². The van der Waals surface area contributed by atoms with Gasteiger partial charge in [-0.3, -0.25) is 0 Å². The predicted molar refractivity (Wildman–Crippen MR) is 78.9 cm³/mol. The lowest BCUT2D eigenvalue weighted by Gasteiger charge is -2.29. The fraction of sp³-hybridized carbons (Fsp3) is 0.625. The van der Waals surface area contributed by atoms with Gasteiger partial charge in [0.1, 0.15) is 0 Å². The number of phenolic OH excluding ortho intramolecular Hbond substituents is 3. The molecule has 1 aliphatic rings. The summed E-state index contributed by atoms with van der Waals surface area (Å²) in [6.07, 6.45) is 7.50. The van der Waals surface area contributed by atoms with Crippen LogP contribution >= 0.6 is 0 Å². The van der Waals surface area contributed by atoms with E-state index in [1.54, 1.807) is 6.07 Å². The maximum atomic E-state index is 9.77. The number of hydrogen-bond donors (Lipinski definition) is 4. The monoisotopic (exact) mass is 279 g/mol. The molecule has 0 aromatic heterocycles. The van der Waals surface area contributed by atoms with E-state index in [4.69, 9.17) is 0 Å². The van der Waals surface area contributed by atoms with Crippen LogP contribution in [0.5, 0.6) is 17.2 Å². The zero-order valence-corrected chi connectivity index (χ0v) is 12.1. The van der Waals surface area contributed by atoms with Gasteiger partial charge in [0.15, 0.2) is 11.5 Å². The summed E-state index contributed by atoms with van der Waals surface area (Å²) >= 11 is 0. The first kappa shape index (κ1) is 15.0. The standard InChI is InChI=1S/C16H25NO3/c1-2-3-11-4-7-13(8-5-11)17-10-12-6-9-14(18)16(20)15(12)19/h6,9,11,13,17-20H,2-5,7-8,10H2,1H3. The van der Waals surface area contributed by atoms with Gasteiger partial charge in [0.25, 0.3) is 0 Å². The van der Waals surface area contributed by atoms with Crippen LogP contribution in [-0.4, -0.2) is 21.4 Å². The van der Waals surface area contributed by atoms with Crippen molar-refractivity contribution in [1.29, 1.82) is 0 Å². The lowest BCUT2D eigenvalue weighted by atomic mass is 9.83. The van der Waals surface area contributed by atoms with Crippen LogP contribution in [0.25, 0.3) is 0 Å². The van der Waals surface area contributed by atoms with Crippen LogP contribution in [-0.2, 0) is 6.54 Å². The molecule has 0 spiro atoms. The van der Waals surface area contributed by atoms with Gasteiger partial charge in [0, 0.05) is 18.2 Å². The SMILES string of the molecule is CCCC1CCC(NCc2ccc(O)c(O)c2O)CC1. The van der Waals surface area contributed by atoms with E-state index in [-0.39, 0.29) is 11.5 Å². The molecule has 0 atom stereocenters. The molecule has 1 aromatic carbocycles. The average Bonchev–Trinajstić information content (AvgIpc) is 2.46. The Kier molecular flexibility index (Phi) is 5.12. The Morgan fingerprint density at radius 2 is 1.75 bits per heavy atom. The number of benzene rings is 1. The van der Waals surface area contributed by atoms with Gasteiger partial charge in [-0.1, -0.05) is 25.8 Å². The first-order valence-electron chi connectivity index (χ1n) is 7.58. The molecule has 0 unspecified atom stereocenters. The van der Waals surface area contributed by atoms with Crippen LogP contribution in [0.3, 0.4) is 0 Å². The van der Waals surface area contributed by atoms with E-state index in [9.17, 15) is 15.3 Å². The highest BCUT2D eigenvalue weighted by Crippen LogP contribution is 2.37. The van der Waals surface area contributed by atoms with Crippen LogP contribution in [0.1, 0.15) is 51.0 Å². The Balaban J connectivity index is 1.83. The molecule has 0 saturated heterocycles. The van der Waals surface area contributed by atoms with E-state index >= 15 is 0 Å². The zero-order valence-electron chi connectivity index (χ0n) is 12.1. The van der Waals surface area contributed by atoms with Crippen molar-refractivity contribution in [3.63, 3.8) is 0 Å². The maximum absolute atomic E-state index is 9.77. The molecule has 20 heavy (non-hydrogen) atoms. The highest BCUT2D eigenvalue weighted by molar-refractivity contribution is 5.52. The molecule has 0 bridgehead atoms. The van der Waals surface area contributed by atoms with E-state index in [2.05, 4.69) is 12.2 Å². The van der Waals surface area contributed by atoms with Crippen molar-refractivity contribution in [2.45, 2.75) is 58.0 Å². The summed E-state index contributed by atoms with van der Waals surface area (Å²) in [5.41, 5.74) is 0.621. The number of phenols is 3. The molecule has 0 aliphatic heterocycles. The second-order valence-electron chi connectivity index (χ2n) is 5.83. The highest BCUT2D eigenvalue weighted by atomic mass is 16.3. The molecule has 0 radical (unpaired) electrons. The van der Waals surface area contributed by atoms with Crippen molar-refractivity contribution in [1.82, 2.24) is 5.32 Å². The lowest BCUT2D eigenvalue weighted by Crippen LogP contribution is -2.32. The molecule has 4 nitrogen and oxygen atoms in total. The fourth-order valence-corrected chi connectivity index (χ4v) is 3.07. The molecule has 2 rings (SSSR count). The zero-order chi connectivity index (χ0) is 14.5. The minimum absolute atomic E-state index is 0.225. The average molecular weight is 279 g/mol. The van der Waals surface area contributed by atoms with Crippen molar-refractivity contribution in [2.75, 3.05) is 0 Å². The highest BCUT2D eigenvalue weighted by Gasteiger charge is 2.20. The molecule has 0 heterocycles. The largest absolute Gasteiger partial charge is 0.504 e. The van der Waals surface area contributed by atoms with Crippen molar-refractivity contribution < 1.29 is 15.3 Å². The van der Waals surface area contributed by atoms with Gasteiger partial charge in [0.2, 0.25) is 5.75 Å². The summed E-state index contributed by atoms with van der Waals surface area (Å²) in [4.78, 5) is 0. The van der Waals surface area contributed by atoms with Crippen LogP contribution < -0.4 is 5.32 Å². The van der Waals surface area contributed by atoms with Crippen molar-refractivity contribution in [3.05, 3.63) is 17.7 Å². The molecule has 1 aliphatic carbocycles. The Morgan fingerprint density at radius 3 is 2.40 bits per heavy atom. The van der Waals surface area contributed by atoms with Gasteiger partial charge in [-0.15, -0.1) is 0 Å². The van der Waals surface area contributed by atoms with Crippen LogP contribution in [0.4, 0.5) is 0 Å². The Hall–Kier alpha value is -1.42. The molecular weight excluding hydrogens is 254 g/mol. The smallest absolute Gasteiger partial charge is 0.200 e. The molecule has 112 valence electrons. The molecule has 4 N–H and O–H groups in total. The topological polar surface area (TPSA) is 72.7 Å². The third kappa shape index (κ3) is 3.57. The van der Waals surface area contributed by atoms with Gasteiger partial charge >= 0.3 is 0 Å². The number of aromatic hydroxyl groups is 3. The minimum Gasteiger partial charge on any atom is -0.504 e. The maximum Gasteiger partial charge on any atom is 0.200 e.